The Morgan fingerprint density at radius 2 is 2.04 bits per heavy atom. The highest BCUT2D eigenvalue weighted by atomic mass is 127. The summed E-state index contributed by atoms with van der Waals surface area (Å²) in [4.78, 5) is 16.8. The predicted molar refractivity (Wildman–Crippen MR) is 122 cm³/mol. The molecule has 7 nitrogen and oxygen atoms in total. The van der Waals surface area contributed by atoms with E-state index in [1.165, 1.54) is 0 Å². The third kappa shape index (κ3) is 10.2. The zero-order valence-corrected chi connectivity index (χ0v) is 19.7. The Hall–Kier alpha value is -1.45. The third-order valence-corrected chi connectivity index (χ3v) is 4.13. The Kier molecular flexibility index (Phi) is 10.7. The van der Waals surface area contributed by atoms with Crippen LogP contribution in [0.4, 0.5) is 4.79 Å². The molecule has 8 heteroatoms. The lowest BCUT2D eigenvalue weighted by Gasteiger charge is -2.23. The van der Waals surface area contributed by atoms with Crippen molar-refractivity contribution in [1.29, 1.82) is 0 Å². The molecule has 1 amide bonds. The van der Waals surface area contributed by atoms with Crippen LogP contribution in [-0.4, -0.2) is 43.3 Å². The number of furan rings is 1. The number of carbonyl (C=O) groups excluding carboxylic acids is 1. The summed E-state index contributed by atoms with van der Waals surface area (Å²) in [5.74, 6) is 2.19. The molecular formula is C20H35IN4O3. The minimum atomic E-state index is -0.497. The quantitative estimate of drug-likeness (QED) is 0.270. The van der Waals surface area contributed by atoms with Crippen LogP contribution in [0.2, 0.25) is 0 Å². The number of rotatable bonds is 9. The number of guanidine groups is 1. The maximum Gasteiger partial charge on any atom is 0.407 e. The largest absolute Gasteiger partial charge is 0.469 e. The highest BCUT2D eigenvalue weighted by Crippen LogP contribution is 2.33. The van der Waals surface area contributed by atoms with Crippen molar-refractivity contribution >= 4 is 36.0 Å². The molecule has 0 aromatic carbocycles. The molecular weight excluding hydrogens is 471 g/mol. The van der Waals surface area contributed by atoms with Crippen molar-refractivity contribution < 1.29 is 13.9 Å². The Morgan fingerprint density at radius 1 is 1.32 bits per heavy atom. The van der Waals surface area contributed by atoms with Gasteiger partial charge in [-0.15, -0.1) is 24.0 Å². The fraction of sp³-hybridized carbons (Fsp3) is 0.700. The smallest absolute Gasteiger partial charge is 0.407 e. The SMILES string of the molecule is CCCNC(=NCC(NC(=O)OC(C)(C)C)C1CC1)NCCc1ccco1.I. The molecule has 1 heterocycles. The Balaban J connectivity index is 0.00000392. The minimum absolute atomic E-state index is 0. The molecule has 1 aromatic heterocycles. The van der Waals surface area contributed by atoms with Gasteiger partial charge in [-0.1, -0.05) is 6.92 Å². The molecule has 1 saturated carbocycles. The van der Waals surface area contributed by atoms with Gasteiger partial charge in [0, 0.05) is 19.5 Å². The van der Waals surface area contributed by atoms with E-state index in [9.17, 15) is 4.79 Å². The van der Waals surface area contributed by atoms with Crippen LogP contribution in [0.15, 0.2) is 27.8 Å². The van der Waals surface area contributed by atoms with Gasteiger partial charge in [0.1, 0.15) is 11.4 Å². The van der Waals surface area contributed by atoms with E-state index in [-0.39, 0.29) is 36.1 Å². The van der Waals surface area contributed by atoms with Crippen LogP contribution in [0, 0.1) is 5.92 Å². The standard InChI is InChI=1S/C20H34N4O3.HI/c1-5-11-21-18(22-12-10-16-7-6-13-26-16)23-14-17(15-8-9-15)24-19(25)27-20(2,3)4;/h6-7,13,15,17H,5,8-12,14H2,1-4H3,(H,24,25)(H2,21,22,23);1H. The first-order valence-electron chi connectivity index (χ1n) is 9.91. The van der Waals surface area contributed by atoms with E-state index in [0.29, 0.717) is 12.5 Å². The van der Waals surface area contributed by atoms with Crippen molar-refractivity contribution in [2.45, 2.75) is 65.0 Å². The van der Waals surface area contributed by atoms with Gasteiger partial charge < -0.3 is 25.1 Å². The molecule has 0 saturated heterocycles. The number of amides is 1. The molecule has 0 radical (unpaired) electrons. The van der Waals surface area contributed by atoms with E-state index in [1.54, 1.807) is 6.26 Å². The summed E-state index contributed by atoms with van der Waals surface area (Å²) >= 11 is 0. The van der Waals surface area contributed by atoms with E-state index in [4.69, 9.17) is 9.15 Å². The van der Waals surface area contributed by atoms with Crippen LogP contribution >= 0.6 is 24.0 Å². The molecule has 0 spiro atoms. The van der Waals surface area contributed by atoms with Crippen LogP contribution in [-0.2, 0) is 11.2 Å². The number of nitrogens with zero attached hydrogens (tertiary/aromatic N) is 1. The molecule has 1 aliphatic rings. The number of alkyl carbamates (subject to hydrolysis) is 1. The molecule has 3 N–H and O–H groups in total. The van der Waals surface area contributed by atoms with Gasteiger partial charge >= 0.3 is 6.09 Å². The number of aliphatic imine (C=N–C) groups is 1. The summed E-state index contributed by atoms with van der Waals surface area (Å²) in [5.41, 5.74) is -0.497. The molecule has 1 fully saturated rings. The summed E-state index contributed by atoms with van der Waals surface area (Å²) in [6.45, 7) is 9.83. The van der Waals surface area contributed by atoms with Gasteiger partial charge in [-0.25, -0.2) is 4.79 Å². The maximum atomic E-state index is 12.1. The highest BCUT2D eigenvalue weighted by Gasteiger charge is 2.33. The van der Waals surface area contributed by atoms with E-state index < -0.39 is 5.60 Å². The first-order chi connectivity index (χ1) is 12.9. The minimum Gasteiger partial charge on any atom is -0.469 e. The van der Waals surface area contributed by atoms with E-state index in [2.05, 4.69) is 27.9 Å². The van der Waals surface area contributed by atoms with E-state index in [0.717, 1.165) is 50.5 Å². The van der Waals surface area contributed by atoms with Crippen LogP contribution in [0.5, 0.6) is 0 Å². The molecule has 1 aliphatic carbocycles. The maximum absolute atomic E-state index is 12.1. The van der Waals surface area contributed by atoms with Gasteiger partial charge in [0.2, 0.25) is 0 Å². The van der Waals surface area contributed by atoms with Crippen LogP contribution < -0.4 is 16.0 Å². The lowest BCUT2D eigenvalue weighted by molar-refractivity contribution is 0.0500. The molecule has 28 heavy (non-hydrogen) atoms. The normalized spacial score (nSPS) is 15.4. The lowest BCUT2D eigenvalue weighted by Crippen LogP contribution is -2.44. The lowest BCUT2D eigenvalue weighted by atomic mass is 10.2. The first kappa shape index (κ1) is 24.6. The first-order valence-corrected chi connectivity index (χ1v) is 9.91. The summed E-state index contributed by atoms with van der Waals surface area (Å²) in [5, 5.41) is 9.64. The highest BCUT2D eigenvalue weighted by molar-refractivity contribution is 14.0. The van der Waals surface area contributed by atoms with Crippen molar-refractivity contribution in [2.75, 3.05) is 19.6 Å². The average molecular weight is 506 g/mol. The summed E-state index contributed by atoms with van der Waals surface area (Å²) in [6.07, 6.45) is 5.37. The zero-order chi connectivity index (χ0) is 19.7. The number of hydrogen-bond acceptors (Lipinski definition) is 4. The summed E-state index contributed by atoms with van der Waals surface area (Å²) in [6, 6.07) is 3.86. The molecule has 1 unspecified atom stereocenters. The molecule has 1 atom stereocenters. The van der Waals surface area contributed by atoms with Crippen molar-refractivity contribution in [3.63, 3.8) is 0 Å². The van der Waals surface area contributed by atoms with Crippen LogP contribution in [0.25, 0.3) is 0 Å². The predicted octanol–water partition coefficient (Wildman–Crippen LogP) is 3.69. The van der Waals surface area contributed by atoms with Crippen LogP contribution in [0.3, 0.4) is 0 Å². The van der Waals surface area contributed by atoms with Crippen LogP contribution in [0.1, 0.15) is 52.7 Å². The zero-order valence-electron chi connectivity index (χ0n) is 17.4. The van der Waals surface area contributed by atoms with Gasteiger partial charge in [0.05, 0.1) is 18.8 Å². The van der Waals surface area contributed by atoms with Gasteiger partial charge in [-0.2, -0.15) is 0 Å². The molecule has 1 aromatic rings. The van der Waals surface area contributed by atoms with Gasteiger partial charge in [-0.3, -0.25) is 4.99 Å². The number of halogens is 1. The monoisotopic (exact) mass is 506 g/mol. The third-order valence-electron chi connectivity index (χ3n) is 4.13. The van der Waals surface area contributed by atoms with Crippen molar-refractivity contribution in [3.05, 3.63) is 24.2 Å². The van der Waals surface area contributed by atoms with Crippen molar-refractivity contribution in [3.8, 4) is 0 Å². The topological polar surface area (TPSA) is 87.9 Å². The van der Waals surface area contributed by atoms with Crippen molar-refractivity contribution in [2.24, 2.45) is 10.9 Å². The molecule has 0 bridgehead atoms. The van der Waals surface area contributed by atoms with E-state index in [1.807, 2.05) is 32.9 Å². The second kappa shape index (κ2) is 12.2. The van der Waals surface area contributed by atoms with E-state index >= 15 is 0 Å². The second-order valence-corrected chi connectivity index (χ2v) is 7.96. The van der Waals surface area contributed by atoms with Gasteiger partial charge in [-0.05, 0) is 58.1 Å². The molecule has 160 valence electrons. The number of hydrogen-bond donors (Lipinski definition) is 3. The molecule has 0 aliphatic heterocycles. The summed E-state index contributed by atoms with van der Waals surface area (Å²) < 4.78 is 10.7. The Labute approximate surface area is 185 Å². The number of ether oxygens (including phenoxy) is 1. The Bertz CT molecular complexity index is 595. The fourth-order valence-electron chi connectivity index (χ4n) is 2.64. The number of nitrogens with one attached hydrogen (secondary N) is 3. The number of carbonyl (C=O) groups is 1. The Morgan fingerprint density at radius 3 is 2.61 bits per heavy atom. The van der Waals surface area contributed by atoms with Gasteiger partial charge in [0.25, 0.3) is 0 Å². The van der Waals surface area contributed by atoms with Crippen molar-refractivity contribution in [1.82, 2.24) is 16.0 Å². The average Bonchev–Trinajstić information content (AvgIpc) is 3.30. The fourth-order valence-corrected chi connectivity index (χ4v) is 2.64. The van der Waals surface area contributed by atoms with Gasteiger partial charge in [0.15, 0.2) is 5.96 Å². The second-order valence-electron chi connectivity index (χ2n) is 7.96. The summed E-state index contributed by atoms with van der Waals surface area (Å²) in [7, 11) is 0. The molecule has 2 rings (SSSR count).